The second-order valence-electron chi connectivity index (χ2n) is 4.43. The molecule has 6 nitrogen and oxygen atoms in total. The number of rotatable bonds is 3. The van der Waals surface area contributed by atoms with Gasteiger partial charge in [0.05, 0.1) is 33.2 Å². The summed E-state index contributed by atoms with van der Waals surface area (Å²) >= 11 is 11.6. The summed E-state index contributed by atoms with van der Waals surface area (Å²) in [4.78, 5) is 10.4. The summed E-state index contributed by atoms with van der Waals surface area (Å²) in [5, 5.41) is 33.3. The van der Waals surface area contributed by atoms with E-state index in [4.69, 9.17) is 23.2 Å². The highest BCUT2D eigenvalue weighted by Gasteiger charge is 2.34. The van der Waals surface area contributed by atoms with E-state index < -0.39 is 23.2 Å². The predicted molar refractivity (Wildman–Crippen MR) is 71.8 cm³/mol. The van der Waals surface area contributed by atoms with Gasteiger partial charge in [-0.2, -0.15) is 0 Å². The highest BCUT2D eigenvalue weighted by atomic mass is 35.5. The Morgan fingerprint density at radius 1 is 1.26 bits per heavy atom. The van der Waals surface area contributed by atoms with Crippen LogP contribution in [0.1, 0.15) is 12.8 Å². The Labute approximate surface area is 119 Å². The van der Waals surface area contributed by atoms with E-state index in [-0.39, 0.29) is 21.4 Å². The first-order chi connectivity index (χ1) is 8.90. The summed E-state index contributed by atoms with van der Waals surface area (Å²) in [6.07, 6.45) is -0.832. The number of halogens is 2. The summed E-state index contributed by atoms with van der Waals surface area (Å²) in [5.41, 5.74) is -0.0412. The summed E-state index contributed by atoms with van der Waals surface area (Å²) in [5.74, 6) is 0. The second kappa shape index (κ2) is 5.50. The topological polar surface area (TPSA) is 95.6 Å². The molecule has 2 rings (SSSR count). The zero-order chi connectivity index (χ0) is 14.2. The third-order valence-electron chi connectivity index (χ3n) is 3.16. The highest BCUT2D eigenvalue weighted by molar-refractivity contribution is 6.42. The molecule has 0 radical (unpaired) electrons. The molecule has 0 aromatic heterocycles. The monoisotopic (exact) mass is 306 g/mol. The third kappa shape index (κ3) is 2.92. The van der Waals surface area contributed by atoms with Gasteiger partial charge in [-0.25, -0.2) is 0 Å². The molecule has 0 saturated heterocycles. The zero-order valence-electron chi connectivity index (χ0n) is 9.72. The molecule has 104 valence electrons. The predicted octanol–water partition coefficient (Wildman–Crippen LogP) is 2.20. The van der Waals surface area contributed by atoms with Crippen LogP contribution in [0.15, 0.2) is 12.1 Å². The van der Waals surface area contributed by atoms with Crippen molar-refractivity contribution in [3.05, 3.63) is 32.3 Å². The molecule has 3 N–H and O–H groups in total. The van der Waals surface area contributed by atoms with Crippen LogP contribution in [-0.2, 0) is 0 Å². The van der Waals surface area contributed by atoms with Gasteiger partial charge in [0.1, 0.15) is 5.69 Å². The van der Waals surface area contributed by atoms with E-state index in [0.717, 1.165) is 6.07 Å². The Morgan fingerprint density at radius 2 is 1.89 bits per heavy atom. The fourth-order valence-corrected chi connectivity index (χ4v) is 2.44. The fourth-order valence-electron chi connectivity index (χ4n) is 2.12. The Bertz CT molecular complexity index is 512. The second-order valence-corrected chi connectivity index (χ2v) is 5.24. The quantitative estimate of drug-likeness (QED) is 0.587. The lowest BCUT2D eigenvalue weighted by molar-refractivity contribution is -0.384. The van der Waals surface area contributed by atoms with E-state index in [0.29, 0.717) is 12.8 Å². The standard InChI is InChI=1S/C11H12Cl2N2O4/c12-5-3-8(9(15(18)19)4-6(5)13)14-7-1-2-10(16)11(7)17/h3-4,7,10-11,14,16-17H,1-2H2/t7-,10-,11+/m0/s1. The van der Waals surface area contributed by atoms with Gasteiger partial charge in [-0.15, -0.1) is 0 Å². The van der Waals surface area contributed by atoms with Crippen molar-refractivity contribution >= 4 is 34.6 Å². The van der Waals surface area contributed by atoms with Crippen molar-refractivity contribution in [2.75, 3.05) is 5.32 Å². The first-order valence-corrected chi connectivity index (χ1v) is 6.42. The Balaban J connectivity index is 2.29. The summed E-state index contributed by atoms with van der Waals surface area (Å²) in [6.45, 7) is 0. The van der Waals surface area contributed by atoms with E-state index >= 15 is 0 Å². The van der Waals surface area contributed by atoms with Crippen molar-refractivity contribution in [1.29, 1.82) is 0 Å². The molecule has 0 aliphatic heterocycles. The molecule has 0 unspecified atom stereocenters. The van der Waals surface area contributed by atoms with Gasteiger partial charge in [0.2, 0.25) is 0 Å². The van der Waals surface area contributed by atoms with E-state index in [2.05, 4.69) is 5.32 Å². The molecule has 1 fully saturated rings. The lowest BCUT2D eigenvalue weighted by atomic mass is 10.1. The molecule has 1 aliphatic carbocycles. The highest BCUT2D eigenvalue weighted by Crippen LogP contribution is 2.35. The van der Waals surface area contributed by atoms with Gasteiger partial charge in [-0.3, -0.25) is 10.1 Å². The van der Waals surface area contributed by atoms with Gasteiger partial charge >= 0.3 is 0 Å². The molecular formula is C11H12Cl2N2O4. The van der Waals surface area contributed by atoms with Crippen LogP contribution >= 0.6 is 23.2 Å². The number of anilines is 1. The first-order valence-electron chi connectivity index (χ1n) is 5.66. The number of benzene rings is 1. The van der Waals surface area contributed by atoms with Gasteiger partial charge < -0.3 is 15.5 Å². The van der Waals surface area contributed by atoms with Crippen LogP contribution in [0.2, 0.25) is 10.0 Å². The van der Waals surface area contributed by atoms with Gasteiger partial charge in [0.15, 0.2) is 0 Å². The number of nitrogens with one attached hydrogen (secondary N) is 1. The normalized spacial score (nSPS) is 26.4. The van der Waals surface area contributed by atoms with Gasteiger partial charge in [0, 0.05) is 6.07 Å². The zero-order valence-corrected chi connectivity index (χ0v) is 11.2. The number of hydrogen-bond acceptors (Lipinski definition) is 5. The number of aliphatic hydroxyl groups is 2. The van der Waals surface area contributed by atoms with Crippen LogP contribution < -0.4 is 5.32 Å². The average molecular weight is 307 g/mol. The molecule has 1 aromatic carbocycles. The molecule has 19 heavy (non-hydrogen) atoms. The smallest absolute Gasteiger partial charge is 0.293 e. The van der Waals surface area contributed by atoms with Gasteiger partial charge in [-0.1, -0.05) is 23.2 Å². The lowest BCUT2D eigenvalue weighted by Crippen LogP contribution is -2.34. The third-order valence-corrected chi connectivity index (χ3v) is 3.88. The summed E-state index contributed by atoms with van der Waals surface area (Å²) in [6, 6.07) is 2.05. The fraction of sp³-hybridized carbons (Fsp3) is 0.455. The molecular weight excluding hydrogens is 295 g/mol. The largest absolute Gasteiger partial charge is 0.390 e. The molecule has 0 amide bonds. The molecule has 0 heterocycles. The SMILES string of the molecule is O=[N+]([O-])c1cc(Cl)c(Cl)cc1N[C@H]1CC[C@H](O)[C@@H]1O. The summed E-state index contributed by atoms with van der Waals surface area (Å²) in [7, 11) is 0. The number of nitro benzene ring substituents is 1. The van der Waals surface area contributed by atoms with Crippen molar-refractivity contribution in [3.63, 3.8) is 0 Å². The van der Waals surface area contributed by atoms with Gasteiger partial charge in [-0.05, 0) is 18.9 Å². The van der Waals surface area contributed by atoms with Crippen molar-refractivity contribution in [2.24, 2.45) is 0 Å². The Morgan fingerprint density at radius 3 is 2.42 bits per heavy atom. The Hall–Kier alpha value is -1.08. The molecule has 0 spiro atoms. The van der Waals surface area contributed by atoms with E-state index in [1.807, 2.05) is 0 Å². The first kappa shape index (κ1) is 14.3. The number of aliphatic hydroxyl groups excluding tert-OH is 2. The Kier molecular flexibility index (Phi) is 4.15. The maximum absolute atomic E-state index is 11.0. The minimum Gasteiger partial charge on any atom is -0.390 e. The average Bonchev–Trinajstić information content (AvgIpc) is 2.65. The molecule has 1 aromatic rings. The van der Waals surface area contributed by atoms with Crippen molar-refractivity contribution in [3.8, 4) is 0 Å². The lowest BCUT2D eigenvalue weighted by Gasteiger charge is -2.19. The molecule has 1 aliphatic rings. The van der Waals surface area contributed by atoms with E-state index in [1.54, 1.807) is 0 Å². The van der Waals surface area contributed by atoms with Crippen LogP contribution in [0.25, 0.3) is 0 Å². The van der Waals surface area contributed by atoms with E-state index in [1.165, 1.54) is 6.07 Å². The minimum absolute atomic E-state index is 0.0888. The van der Waals surface area contributed by atoms with Crippen LogP contribution in [0, 0.1) is 10.1 Å². The maximum Gasteiger partial charge on any atom is 0.293 e. The number of hydrogen-bond donors (Lipinski definition) is 3. The summed E-state index contributed by atoms with van der Waals surface area (Å²) < 4.78 is 0. The molecule has 1 saturated carbocycles. The van der Waals surface area contributed by atoms with Crippen molar-refractivity contribution in [2.45, 2.75) is 31.1 Å². The van der Waals surface area contributed by atoms with E-state index in [9.17, 15) is 20.3 Å². The van der Waals surface area contributed by atoms with Crippen LogP contribution in [0.5, 0.6) is 0 Å². The van der Waals surface area contributed by atoms with Crippen molar-refractivity contribution < 1.29 is 15.1 Å². The molecule has 8 heteroatoms. The van der Waals surface area contributed by atoms with Crippen LogP contribution in [-0.4, -0.2) is 33.4 Å². The number of nitrogens with zero attached hydrogens (tertiary/aromatic N) is 1. The van der Waals surface area contributed by atoms with Crippen LogP contribution in [0.4, 0.5) is 11.4 Å². The molecule has 0 bridgehead atoms. The van der Waals surface area contributed by atoms with Crippen LogP contribution in [0.3, 0.4) is 0 Å². The van der Waals surface area contributed by atoms with Crippen molar-refractivity contribution in [1.82, 2.24) is 0 Å². The number of nitro groups is 1. The van der Waals surface area contributed by atoms with Gasteiger partial charge in [0.25, 0.3) is 5.69 Å². The molecule has 3 atom stereocenters. The minimum atomic E-state index is -0.964. The maximum atomic E-state index is 11.0.